The maximum atomic E-state index is 12.6. The SMILES string of the molecule is CC.CC(C)N1CCN(c2ccc3c(ccc4sc5c(c43)NC[C@@H](C)NC5=O)n2)CC1. The smallest absolute Gasteiger partial charge is 0.263 e. The molecule has 2 aromatic heterocycles. The second kappa shape index (κ2) is 9.01. The number of aromatic nitrogens is 1. The summed E-state index contributed by atoms with van der Waals surface area (Å²) in [7, 11) is 0. The van der Waals surface area contributed by atoms with E-state index in [1.165, 1.54) is 0 Å². The third-order valence-corrected chi connectivity index (χ3v) is 7.20. The Morgan fingerprint density at radius 2 is 1.84 bits per heavy atom. The van der Waals surface area contributed by atoms with Gasteiger partial charge in [-0.25, -0.2) is 4.98 Å². The van der Waals surface area contributed by atoms with Crippen LogP contribution in [0.4, 0.5) is 11.5 Å². The van der Waals surface area contributed by atoms with Crippen molar-refractivity contribution < 1.29 is 4.79 Å². The minimum atomic E-state index is 0.0134. The molecule has 0 saturated carbocycles. The van der Waals surface area contributed by atoms with Gasteiger partial charge in [-0.2, -0.15) is 0 Å². The third-order valence-electron chi connectivity index (χ3n) is 6.04. The number of fused-ring (bicyclic) bond motifs is 5. The number of amides is 1. The van der Waals surface area contributed by atoms with Crippen molar-refractivity contribution in [2.45, 2.75) is 46.7 Å². The molecule has 3 aromatic rings. The maximum Gasteiger partial charge on any atom is 0.263 e. The fraction of sp³-hybridized carbons (Fsp3) is 0.500. The fourth-order valence-electron chi connectivity index (χ4n) is 4.36. The summed E-state index contributed by atoms with van der Waals surface area (Å²) in [6.45, 7) is 15.4. The number of pyridine rings is 1. The highest BCUT2D eigenvalue weighted by Crippen LogP contribution is 2.41. The number of anilines is 2. The molecule has 166 valence electrons. The van der Waals surface area contributed by atoms with E-state index in [0.29, 0.717) is 6.04 Å². The van der Waals surface area contributed by atoms with Crippen LogP contribution in [0.1, 0.15) is 44.3 Å². The molecule has 1 fully saturated rings. The number of hydrogen-bond donors (Lipinski definition) is 2. The predicted octanol–water partition coefficient (Wildman–Crippen LogP) is 4.55. The van der Waals surface area contributed by atoms with Gasteiger partial charge in [0.05, 0.1) is 11.2 Å². The average molecular weight is 440 g/mol. The summed E-state index contributed by atoms with van der Waals surface area (Å²) in [5.41, 5.74) is 1.94. The van der Waals surface area contributed by atoms with Gasteiger partial charge in [0.2, 0.25) is 0 Å². The van der Waals surface area contributed by atoms with E-state index in [0.717, 1.165) is 70.1 Å². The van der Waals surface area contributed by atoms with Gasteiger partial charge in [0.15, 0.2) is 0 Å². The zero-order valence-electron chi connectivity index (χ0n) is 19.2. The van der Waals surface area contributed by atoms with Gasteiger partial charge in [-0.05, 0) is 45.0 Å². The van der Waals surface area contributed by atoms with E-state index in [-0.39, 0.29) is 11.9 Å². The van der Waals surface area contributed by atoms with Gasteiger partial charge < -0.3 is 15.5 Å². The first-order chi connectivity index (χ1) is 15.0. The van der Waals surface area contributed by atoms with Gasteiger partial charge in [-0.1, -0.05) is 13.8 Å². The molecule has 4 heterocycles. The molecule has 0 spiro atoms. The Kier molecular flexibility index (Phi) is 6.34. The minimum Gasteiger partial charge on any atom is -0.381 e. The molecule has 2 aliphatic heterocycles. The number of rotatable bonds is 2. The normalized spacial score (nSPS) is 19.5. The number of carbonyl (C=O) groups excluding carboxylic acids is 1. The van der Waals surface area contributed by atoms with E-state index in [2.05, 4.69) is 58.5 Å². The van der Waals surface area contributed by atoms with Crippen LogP contribution in [0.3, 0.4) is 0 Å². The second-order valence-corrected chi connectivity index (χ2v) is 9.41. The number of piperazine rings is 1. The van der Waals surface area contributed by atoms with Crippen molar-refractivity contribution in [3.8, 4) is 0 Å². The van der Waals surface area contributed by atoms with Crippen LogP contribution < -0.4 is 15.5 Å². The number of thiophene rings is 1. The molecule has 1 aromatic carbocycles. The monoisotopic (exact) mass is 439 g/mol. The highest BCUT2D eigenvalue weighted by molar-refractivity contribution is 7.21. The van der Waals surface area contributed by atoms with Crippen LogP contribution in [0.15, 0.2) is 24.3 Å². The summed E-state index contributed by atoms with van der Waals surface area (Å²) in [4.78, 5) is 23.2. The molecule has 0 radical (unpaired) electrons. The van der Waals surface area contributed by atoms with E-state index < -0.39 is 0 Å². The number of nitrogens with one attached hydrogen (secondary N) is 2. The largest absolute Gasteiger partial charge is 0.381 e. The highest BCUT2D eigenvalue weighted by atomic mass is 32.1. The summed E-state index contributed by atoms with van der Waals surface area (Å²) in [5.74, 6) is 1.06. The third kappa shape index (κ3) is 4.08. The molecule has 5 rings (SSSR count). The Bertz CT molecular complexity index is 1080. The van der Waals surface area contributed by atoms with Crippen molar-refractivity contribution in [3.05, 3.63) is 29.1 Å². The van der Waals surface area contributed by atoms with Gasteiger partial charge >= 0.3 is 0 Å². The van der Waals surface area contributed by atoms with E-state index in [1.807, 2.05) is 20.8 Å². The van der Waals surface area contributed by atoms with Crippen LogP contribution in [0.2, 0.25) is 0 Å². The highest BCUT2D eigenvalue weighted by Gasteiger charge is 2.25. The molecule has 0 bridgehead atoms. The Labute approximate surface area is 188 Å². The van der Waals surface area contributed by atoms with Crippen LogP contribution in [-0.2, 0) is 0 Å². The van der Waals surface area contributed by atoms with Crippen LogP contribution in [0, 0.1) is 0 Å². The molecular weight excluding hydrogens is 406 g/mol. The summed E-state index contributed by atoms with van der Waals surface area (Å²) in [6.07, 6.45) is 0. The van der Waals surface area contributed by atoms with Crippen LogP contribution in [-0.4, -0.2) is 60.6 Å². The lowest BCUT2D eigenvalue weighted by atomic mass is 10.1. The summed E-state index contributed by atoms with van der Waals surface area (Å²) in [5, 5.41) is 8.78. The second-order valence-electron chi connectivity index (χ2n) is 8.35. The molecule has 2 N–H and O–H groups in total. The number of hydrogen-bond acceptors (Lipinski definition) is 6. The summed E-state index contributed by atoms with van der Waals surface area (Å²) in [6, 6.07) is 9.20. The Morgan fingerprint density at radius 1 is 1.10 bits per heavy atom. The molecule has 7 heteroatoms. The first kappa shape index (κ1) is 21.8. The van der Waals surface area contributed by atoms with Crippen molar-refractivity contribution in [1.82, 2.24) is 15.2 Å². The maximum absolute atomic E-state index is 12.6. The topological polar surface area (TPSA) is 60.5 Å². The van der Waals surface area contributed by atoms with Crippen LogP contribution in [0.25, 0.3) is 21.0 Å². The van der Waals surface area contributed by atoms with Crippen molar-refractivity contribution in [2.75, 3.05) is 42.9 Å². The molecule has 0 aliphatic carbocycles. The van der Waals surface area contributed by atoms with Gasteiger partial charge in [-0.3, -0.25) is 9.69 Å². The molecule has 6 nitrogen and oxygen atoms in total. The first-order valence-electron chi connectivity index (χ1n) is 11.4. The van der Waals surface area contributed by atoms with Crippen molar-refractivity contribution >= 4 is 49.7 Å². The van der Waals surface area contributed by atoms with Crippen molar-refractivity contribution in [3.63, 3.8) is 0 Å². The van der Waals surface area contributed by atoms with Crippen LogP contribution >= 0.6 is 11.3 Å². The van der Waals surface area contributed by atoms with Gasteiger partial charge in [0.1, 0.15) is 10.7 Å². The minimum absolute atomic E-state index is 0.0134. The predicted molar refractivity (Wildman–Crippen MR) is 133 cm³/mol. The number of carbonyl (C=O) groups is 1. The summed E-state index contributed by atoms with van der Waals surface area (Å²) < 4.78 is 1.12. The zero-order chi connectivity index (χ0) is 22.1. The average Bonchev–Trinajstić information content (AvgIpc) is 3.11. The molecule has 1 saturated heterocycles. The lowest BCUT2D eigenvalue weighted by molar-refractivity contribution is 0.0949. The standard InChI is InChI=1S/C22H27N5OS.C2H6/c1-13(2)26-8-10-27(11-9-26)18-7-4-15-16(25-18)5-6-17-19(15)20-21(29-17)22(28)24-14(3)12-23-20;1-2/h4-7,13-14,23H,8-12H2,1-3H3,(H,24,28);1-2H3/t14-;/m1./s1. The molecule has 1 atom stereocenters. The Morgan fingerprint density at radius 3 is 2.55 bits per heavy atom. The molecule has 1 amide bonds. The van der Waals surface area contributed by atoms with Crippen molar-refractivity contribution in [2.24, 2.45) is 0 Å². The zero-order valence-corrected chi connectivity index (χ0v) is 20.0. The van der Waals surface area contributed by atoms with E-state index in [1.54, 1.807) is 11.3 Å². The quantitative estimate of drug-likeness (QED) is 0.613. The molecule has 2 aliphatic rings. The van der Waals surface area contributed by atoms with E-state index >= 15 is 0 Å². The Hall–Kier alpha value is -2.38. The van der Waals surface area contributed by atoms with Crippen molar-refractivity contribution in [1.29, 1.82) is 0 Å². The van der Waals surface area contributed by atoms with Gasteiger partial charge in [0.25, 0.3) is 5.91 Å². The fourth-order valence-corrected chi connectivity index (χ4v) is 5.46. The first-order valence-corrected chi connectivity index (χ1v) is 12.2. The molecular formula is C24H33N5OS. The number of nitrogens with zero attached hydrogens (tertiary/aromatic N) is 3. The van der Waals surface area contributed by atoms with E-state index in [9.17, 15) is 4.79 Å². The molecule has 0 unspecified atom stereocenters. The van der Waals surface area contributed by atoms with E-state index in [4.69, 9.17) is 4.98 Å². The number of benzene rings is 1. The van der Waals surface area contributed by atoms with Gasteiger partial charge in [0, 0.05) is 60.3 Å². The molecule has 31 heavy (non-hydrogen) atoms. The summed E-state index contributed by atoms with van der Waals surface area (Å²) >= 11 is 1.55. The lowest BCUT2D eigenvalue weighted by Gasteiger charge is -2.37. The Balaban J connectivity index is 0.00000112. The lowest BCUT2D eigenvalue weighted by Crippen LogP contribution is -2.49. The van der Waals surface area contributed by atoms with Crippen LogP contribution in [0.5, 0.6) is 0 Å². The van der Waals surface area contributed by atoms with Gasteiger partial charge in [-0.15, -0.1) is 11.3 Å².